The van der Waals surface area contributed by atoms with E-state index in [2.05, 4.69) is 5.32 Å². The van der Waals surface area contributed by atoms with Gasteiger partial charge in [-0.1, -0.05) is 29.8 Å². The highest BCUT2D eigenvalue weighted by Gasteiger charge is 2.31. The highest BCUT2D eigenvalue weighted by molar-refractivity contribution is 7.92. The zero-order valence-electron chi connectivity index (χ0n) is 19.3. The number of benzene rings is 2. The Morgan fingerprint density at radius 2 is 1.73 bits per heavy atom. The van der Waals surface area contributed by atoms with Crippen LogP contribution in [0.1, 0.15) is 33.3 Å². The molecule has 33 heavy (non-hydrogen) atoms. The van der Waals surface area contributed by atoms with Crippen LogP contribution in [0.25, 0.3) is 0 Å². The van der Waals surface area contributed by atoms with E-state index in [0.29, 0.717) is 10.6 Å². The zero-order valence-corrected chi connectivity index (χ0v) is 20.9. The summed E-state index contributed by atoms with van der Waals surface area (Å²) >= 11 is 5.95. The van der Waals surface area contributed by atoms with Crippen LogP contribution in [-0.4, -0.2) is 49.5 Å². The van der Waals surface area contributed by atoms with E-state index in [-0.39, 0.29) is 18.1 Å². The van der Waals surface area contributed by atoms with Crippen molar-refractivity contribution >= 4 is 39.1 Å². The standard InChI is InChI=1S/C23H29ClFN3O4S/c1-16(22(30)26-23(2,3)4)27(14-17-9-11-18(24)12-10-17)21(29)15-28(33(5,31)32)20-8-6-7-19(25)13-20/h6-13,16H,14-15H2,1-5H3,(H,26,30). The van der Waals surface area contributed by atoms with Gasteiger partial charge in [0.2, 0.25) is 21.8 Å². The minimum atomic E-state index is -3.92. The first-order chi connectivity index (χ1) is 15.2. The number of nitrogens with zero attached hydrogens (tertiary/aromatic N) is 2. The molecule has 0 aliphatic carbocycles. The third-order valence-corrected chi connectivity index (χ3v) is 6.10. The maximum atomic E-state index is 13.7. The van der Waals surface area contributed by atoms with Crippen molar-refractivity contribution < 1.29 is 22.4 Å². The number of sulfonamides is 1. The molecule has 10 heteroatoms. The minimum absolute atomic E-state index is 0.0177. The monoisotopic (exact) mass is 497 g/mol. The zero-order chi connectivity index (χ0) is 25.0. The molecule has 0 saturated carbocycles. The van der Waals surface area contributed by atoms with E-state index < -0.39 is 39.9 Å². The lowest BCUT2D eigenvalue weighted by atomic mass is 10.1. The quantitative estimate of drug-likeness (QED) is 0.604. The van der Waals surface area contributed by atoms with Crippen molar-refractivity contribution in [3.05, 3.63) is 64.9 Å². The molecule has 2 aromatic carbocycles. The number of rotatable bonds is 8. The molecule has 0 aromatic heterocycles. The third-order valence-electron chi connectivity index (χ3n) is 4.71. The van der Waals surface area contributed by atoms with Crippen molar-refractivity contribution in [1.29, 1.82) is 0 Å². The average molecular weight is 498 g/mol. The first-order valence-electron chi connectivity index (χ1n) is 10.3. The Kier molecular flexibility index (Phi) is 8.48. The number of carbonyl (C=O) groups excluding carboxylic acids is 2. The number of hydrogen-bond donors (Lipinski definition) is 1. The predicted octanol–water partition coefficient (Wildman–Crippen LogP) is 3.58. The number of amides is 2. The number of anilines is 1. The molecule has 7 nitrogen and oxygen atoms in total. The summed E-state index contributed by atoms with van der Waals surface area (Å²) in [5, 5.41) is 3.35. The lowest BCUT2D eigenvalue weighted by molar-refractivity contribution is -0.140. The molecule has 0 aliphatic rings. The Bertz CT molecular complexity index is 1100. The maximum Gasteiger partial charge on any atom is 0.244 e. The fraction of sp³-hybridized carbons (Fsp3) is 0.391. The highest BCUT2D eigenvalue weighted by Crippen LogP contribution is 2.20. The van der Waals surface area contributed by atoms with Crippen LogP contribution in [0.15, 0.2) is 48.5 Å². The summed E-state index contributed by atoms with van der Waals surface area (Å²) in [6.45, 7) is 6.48. The van der Waals surface area contributed by atoms with Gasteiger partial charge in [-0.3, -0.25) is 13.9 Å². The molecule has 2 rings (SSSR count). The van der Waals surface area contributed by atoms with Crippen LogP contribution < -0.4 is 9.62 Å². The predicted molar refractivity (Wildman–Crippen MR) is 128 cm³/mol. The van der Waals surface area contributed by atoms with Gasteiger partial charge in [0.25, 0.3) is 0 Å². The van der Waals surface area contributed by atoms with E-state index in [0.717, 1.165) is 16.6 Å². The fourth-order valence-corrected chi connectivity index (χ4v) is 4.06. The maximum absolute atomic E-state index is 13.7. The molecule has 2 amide bonds. The SMILES string of the molecule is CC(C(=O)NC(C)(C)C)N(Cc1ccc(Cl)cc1)C(=O)CN(c1cccc(F)c1)S(C)(=O)=O. The summed E-state index contributed by atoms with van der Waals surface area (Å²) in [6.07, 6.45) is 0.935. The van der Waals surface area contributed by atoms with Gasteiger partial charge in [0, 0.05) is 17.1 Å². The van der Waals surface area contributed by atoms with Crippen molar-refractivity contribution in [2.24, 2.45) is 0 Å². The van der Waals surface area contributed by atoms with Crippen LogP contribution in [0.4, 0.5) is 10.1 Å². The second kappa shape index (κ2) is 10.5. The number of hydrogen-bond acceptors (Lipinski definition) is 4. The van der Waals surface area contributed by atoms with Crippen LogP contribution in [0.5, 0.6) is 0 Å². The molecule has 0 heterocycles. The molecule has 180 valence electrons. The Balaban J connectivity index is 2.39. The van der Waals surface area contributed by atoms with Crippen molar-refractivity contribution in [3.63, 3.8) is 0 Å². The van der Waals surface area contributed by atoms with E-state index in [1.165, 1.54) is 23.1 Å². The highest BCUT2D eigenvalue weighted by atomic mass is 35.5. The van der Waals surface area contributed by atoms with Crippen molar-refractivity contribution in [1.82, 2.24) is 10.2 Å². The van der Waals surface area contributed by atoms with Crippen molar-refractivity contribution in [3.8, 4) is 0 Å². The van der Waals surface area contributed by atoms with Crippen LogP contribution >= 0.6 is 11.6 Å². The number of nitrogens with one attached hydrogen (secondary N) is 1. The largest absolute Gasteiger partial charge is 0.350 e. The molecule has 1 unspecified atom stereocenters. The van der Waals surface area contributed by atoms with Gasteiger partial charge in [0.05, 0.1) is 11.9 Å². The molecule has 0 saturated heterocycles. The second-order valence-corrected chi connectivity index (χ2v) is 11.2. The van der Waals surface area contributed by atoms with Gasteiger partial charge < -0.3 is 10.2 Å². The smallest absolute Gasteiger partial charge is 0.244 e. The molecule has 1 N–H and O–H groups in total. The van der Waals surface area contributed by atoms with Gasteiger partial charge in [-0.25, -0.2) is 12.8 Å². The summed E-state index contributed by atoms with van der Waals surface area (Å²) in [6, 6.07) is 10.8. The van der Waals surface area contributed by atoms with Crippen LogP contribution in [0.3, 0.4) is 0 Å². The molecule has 2 aromatic rings. The Labute approximate surface area is 199 Å². The Morgan fingerprint density at radius 3 is 2.24 bits per heavy atom. The molecule has 0 radical (unpaired) electrons. The molecule has 0 fully saturated rings. The lowest BCUT2D eigenvalue weighted by Crippen LogP contribution is -2.54. The molecular formula is C23H29ClFN3O4S. The Hall–Kier alpha value is -2.65. The van der Waals surface area contributed by atoms with E-state index >= 15 is 0 Å². The summed E-state index contributed by atoms with van der Waals surface area (Å²) in [5.41, 5.74) is 0.199. The van der Waals surface area contributed by atoms with E-state index in [9.17, 15) is 22.4 Å². The Morgan fingerprint density at radius 1 is 1.12 bits per heavy atom. The molecular weight excluding hydrogens is 469 g/mol. The summed E-state index contributed by atoms with van der Waals surface area (Å²) in [4.78, 5) is 27.5. The molecule has 1 atom stereocenters. The third kappa shape index (κ3) is 8.01. The van der Waals surface area contributed by atoms with Gasteiger partial charge in [0.15, 0.2) is 0 Å². The van der Waals surface area contributed by atoms with E-state index in [4.69, 9.17) is 11.6 Å². The average Bonchev–Trinajstić information content (AvgIpc) is 2.68. The van der Waals surface area contributed by atoms with Gasteiger partial charge in [-0.05, 0) is 63.6 Å². The van der Waals surface area contributed by atoms with Crippen LogP contribution in [0.2, 0.25) is 5.02 Å². The minimum Gasteiger partial charge on any atom is -0.350 e. The topological polar surface area (TPSA) is 86.8 Å². The van der Waals surface area contributed by atoms with Gasteiger partial charge in [-0.15, -0.1) is 0 Å². The van der Waals surface area contributed by atoms with E-state index in [1.807, 2.05) is 20.8 Å². The second-order valence-electron chi connectivity index (χ2n) is 8.81. The van der Waals surface area contributed by atoms with Gasteiger partial charge in [-0.2, -0.15) is 0 Å². The summed E-state index contributed by atoms with van der Waals surface area (Å²) in [7, 11) is -3.92. The normalized spacial score (nSPS) is 12.7. The van der Waals surface area contributed by atoms with Crippen molar-refractivity contribution in [2.45, 2.75) is 45.8 Å². The van der Waals surface area contributed by atoms with E-state index in [1.54, 1.807) is 31.2 Å². The number of carbonyl (C=O) groups is 2. The molecule has 0 aliphatic heterocycles. The lowest BCUT2D eigenvalue weighted by Gasteiger charge is -2.33. The summed E-state index contributed by atoms with van der Waals surface area (Å²) < 4.78 is 39.4. The first-order valence-corrected chi connectivity index (χ1v) is 12.5. The van der Waals surface area contributed by atoms with Gasteiger partial charge in [0.1, 0.15) is 18.4 Å². The summed E-state index contributed by atoms with van der Waals surface area (Å²) in [5.74, 6) is -1.64. The van der Waals surface area contributed by atoms with Crippen molar-refractivity contribution in [2.75, 3.05) is 17.1 Å². The molecule has 0 spiro atoms. The number of halogens is 2. The molecule has 0 bridgehead atoms. The first kappa shape index (κ1) is 26.6. The van der Waals surface area contributed by atoms with Crippen LogP contribution in [0, 0.1) is 5.82 Å². The van der Waals surface area contributed by atoms with Gasteiger partial charge >= 0.3 is 0 Å². The fourth-order valence-electron chi connectivity index (χ4n) is 3.09. The van der Waals surface area contributed by atoms with Crippen LogP contribution in [-0.2, 0) is 26.2 Å².